The fourth-order valence-electron chi connectivity index (χ4n) is 7.22. The van der Waals surface area contributed by atoms with Gasteiger partial charge in [0.05, 0.1) is 31.2 Å². The van der Waals surface area contributed by atoms with Crippen molar-refractivity contribution in [1.82, 2.24) is 4.90 Å². The summed E-state index contributed by atoms with van der Waals surface area (Å²) in [5, 5.41) is 0. The molecule has 1 saturated heterocycles. The smallest absolute Gasteiger partial charge is 0.416 e. The molecule has 6 nitrogen and oxygen atoms in total. The molecule has 31 heavy (non-hydrogen) atoms. The van der Waals surface area contributed by atoms with E-state index in [1.54, 1.807) is 14.2 Å². The fraction of sp³-hybridized carbons (Fsp3) is 0.400. The van der Waals surface area contributed by atoms with Gasteiger partial charge in [0.2, 0.25) is 0 Å². The molecule has 0 radical (unpaired) electrons. The maximum absolute atomic E-state index is 13.2. The maximum atomic E-state index is 13.2. The summed E-state index contributed by atoms with van der Waals surface area (Å²) < 4.78 is 23.7. The van der Waals surface area contributed by atoms with Crippen LogP contribution in [0.25, 0.3) is 0 Å². The lowest BCUT2D eigenvalue weighted by atomic mass is 9.60. The Morgan fingerprint density at radius 2 is 1.97 bits per heavy atom. The number of fused-ring (bicyclic) bond motifs is 1. The number of benzene rings is 2. The van der Waals surface area contributed by atoms with Gasteiger partial charge in [0, 0.05) is 5.56 Å². The lowest BCUT2D eigenvalue weighted by molar-refractivity contribution is 0.0486. The Kier molecular flexibility index (Phi) is 3.14. The predicted molar refractivity (Wildman–Crippen MR) is 111 cm³/mol. The Morgan fingerprint density at radius 1 is 1.13 bits per heavy atom. The SMILES string of the molecule is COC1=CCC2[C@H]3N(C(=O)Oc4ccccc4)C34Cc3ccc(OC)c5c3C2(C4)[C@@H]1O5. The highest BCUT2D eigenvalue weighted by atomic mass is 16.6. The van der Waals surface area contributed by atoms with Crippen molar-refractivity contribution >= 4 is 6.09 Å². The Bertz CT molecular complexity index is 1160. The van der Waals surface area contributed by atoms with Crippen molar-refractivity contribution in [1.29, 1.82) is 0 Å². The number of hydrogen-bond acceptors (Lipinski definition) is 5. The van der Waals surface area contributed by atoms with E-state index < -0.39 is 0 Å². The molecule has 6 heteroatoms. The number of para-hydroxylation sites is 1. The maximum Gasteiger partial charge on any atom is 0.416 e. The molecular weight excluding hydrogens is 394 g/mol. The molecule has 3 aliphatic carbocycles. The first-order chi connectivity index (χ1) is 15.1. The van der Waals surface area contributed by atoms with Crippen LogP contribution in [0, 0.1) is 5.92 Å². The zero-order chi connectivity index (χ0) is 21.0. The van der Waals surface area contributed by atoms with Crippen molar-refractivity contribution in [3.63, 3.8) is 0 Å². The van der Waals surface area contributed by atoms with E-state index in [2.05, 4.69) is 12.1 Å². The summed E-state index contributed by atoms with van der Waals surface area (Å²) >= 11 is 0. The molecule has 7 rings (SSSR count). The Balaban J connectivity index is 1.34. The van der Waals surface area contributed by atoms with E-state index in [1.165, 1.54) is 11.1 Å². The summed E-state index contributed by atoms with van der Waals surface area (Å²) in [5.41, 5.74) is 2.15. The van der Waals surface area contributed by atoms with Gasteiger partial charge in [-0.2, -0.15) is 0 Å². The van der Waals surface area contributed by atoms with Crippen molar-refractivity contribution in [2.75, 3.05) is 14.2 Å². The summed E-state index contributed by atoms with van der Waals surface area (Å²) in [5.74, 6) is 3.37. The number of likely N-dealkylation sites (tertiary alicyclic amines) is 1. The monoisotopic (exact) mass is 417 g/mol. The predicted octanol–water partition coefficient (Wildman–Crippen LogP) is 3.83. The molecule has 1 amide bonds. The second-order valence-electron chi connectivity index (χ2n) is 9.28. The van der Waals surface area contributed by atoms with Gasteiger partial charge in [-0.25, -0.2) is 4.79 Å². The number of nitrogens with zero attached hydrogens (tertiary/aromatic N) is 1. The summed E-state index contributed by atoms with van der Waals surface area (Å²) in [6, 6.07) is 13.6. The van der Waals surface area contributed by atoms with E-state index in [1.807, 2.05) is 41.3 Å². The summed E-state index contributed by atoms with van der Waals surface area (Å²) in [6.45, 7) is 0. The molecule has 2 aliphatic heterocycles. The van der Waals surface area contributed by atoms with Gasteiger partial charge >= 0.3 is 6.09 Å². The number of hydrogen-bond donors (Lipinski definition) is 0. The molecule has 2 spiro atoms. The number of carbonyl (C=O) groups is 1. The molecule has 2 aromatic carbocycles. The third-order valence-corrected chi connectivity index (χ3v) is 8.19. The molecule has 5 atom stereocenters. The molecular formula is C25H23NO5. The van der Waals surface area contributed by atoms with Crippen LogP contribution in [0.4, 0.5) is 4.79 Å². The van der Waals surface area contributed by atoms with Crippen molar-refractivity contribution in [3.8, 4) is 17.2 Å². The number of rotatable bonds is 3. The topological polar surface area (TPSA) is 57.0 Å². The van der Waals surface area contributed by atoms with Crippen LogP contribution in [0.5, 0.6) is 17.2 Å². The Morgan fingerprint density at radius 3 is 2.74 bits per heavy atom. The van der Waals surface area contributed by atoms with Crippen LogP contribution in [-0.2, 0) is 16.6 Å². The quantitative estimate of drug-likeness (QED) is 0.711. The van der Waals surface area contributed by atoms with E-state index >= 15 is 0 Å². The van der Waals surface area contributed by atoms with E-state index in [9.17, 15) is 4.79 Å². The van der Waals surface area contributed by atoms with Crippen LogP contribution < -0.4 is 14.2 Å². The van der Waals surface area contributed by atoms with Gasteiger partial charge in [0.25, 0.3) is 0 Å². The van der Waals surface area contributed by atoms with Gasteiger partial charge in [0.1, 0.15) is 11.5 Å². The molecule has 158 valence electrons. The molecule has 0 aromatic heterocycles. The highest BCUT2D eigenvalue weighted by molar-refractivity contribution is 5.79. The van der Waals surface area contributed by atoms with Crippen LogP contribution >= 0.6 is 0 Å². The summed E-state index contributed by atoms with van der Waals surface area (Å²) in [6.07, 6.45) is 4.29. The second kappa shape index (κ2) is 5.55. The number of ether oxygens (including phenoxy) is 4. The van der Waals surface area contributed by atoms with Gasteiger partial charge in [-0.1, -0.05) is 24.3 Å². The normalized spacial score (nSPS) is 34.8. The first kappa shape index (κ1) is 17.5. The highest BCUT2D eigenvalue weighted by Gasteiger charge is 2.84. The van der Waals surface area contributed by atoms with Crippen LogP contribution in [0.1, 0.15) is 24.0 Å². The van der Waals surface area contributed by atoms with Gasteiger partial charge < -0.3 is 18.9 Å². The standard InChI is InChI=1S/C25H23NO5/c1-28-17-10-8-14-12-24-13-25-16(9-11-18(29-2)22(25)31-20(17)19(14)25)21(24)26(24)23(27)30-15-6-4-3-5-7-15/h3-8,10-11,16,21-22H,9,12-13H2,1-2H3/t16?,21-,22-,24?,25?,26?/m1/s1. The van der Waals surface area contributed by atoms with Crippen LogP contribution in [0.2, 0.25) is 0 Å². The third-order valence-electron chi connectivity index (χ3n) is 8.19. The first-order valence-electron chi connectivity index (χ1n) is 10.8. The van der Waals surface area contributed by atoms with E-state index in [4.69, 9.17) is 18.9 Å². The number of piperidine rings is 1. The van der Waals surface area contributed by atoms with Gasteiger partial charge in [0.15, 0.2) is 17.6 Å². The van der Waals surface area contributed by atoms with E-state index in [0.29, 0.717) is 5.75 Å². The Labute approximate surface area is 180 Å². The van der Waals surface area contributed by atoms with Crippen LogP contribution in [-0.4, -0.2) is 42.9 Å². The van der Waals surface area contributed by atoms with Gasteiger partial charge in [-0.3, -0.25) is 4.90 Å². The van der Waals surface area contributed by atoms with Crippen LogP contribution in [0.15, 0.2) is 54.3 Å². The van der Waals surface area contributed by atoms with E-state index in [-0.39, 0.29) is 35.1 Å². The molecule has 2 heterocycles. The summed E-state index contributed by atoms with van der Waals surface area (Å²) in [4.78, 5) is 15.2. The highest BCUT2D eigenvalue weighted by Crippen LogP contribution is 2.75. The average Bonchev–Trinajstić information content (AvgIpc) is 3.13. The lowest BCUT2D eigenvalue weighted by Gasteiger charge is -2.45. The van der Waals surface area contributed by atoms with Crippen LogP contribution in [0.3, 0.4) is 0 Å². The second-order valence-corrected chi connectivity index (χ2v) is 9.28. The molecule has 0 N–H and O–H groups in total. The number of allylic oxidation sites excluding steroid dienone is 1. The van der Waals surface area contributed by atoms with Crippen molar-refractivity contribution in [2.45, 2.75) is 42.4 Å². The molecule has 2 fully saturated rings. The molecule has 2 bridgehead atoms. The minimum Gasteiger partial charge on any atom is -0.497 e. The molecule has 5 aliphatic rings. The average molecular weight is 417 g/mol. The van der Waals surface area contributed by atoms with Gasteiger partial charge in [-0.15, -0.1) is 0 Å². The largest absolute Gasteiger partial charge is 0.497 e. The zero-order valence-electron chi connectivity index (χ0n) is 17.5. The number of carbonyl (C=O) groups excluding carboxylic acids is 1. The van der Waals surface area contributed by atoms with Crippen molar-refractivity contribution in [3.05, 3.63) is 65.4 Å². The van der Waals surface area contributed by atoms with E-state index in [0.717, 1.165) is 36.5 Å². The number of amides is 1. The first-order valence-corrected chi connectivity index (χ1v) is 10.8. The lowest BCUT2D eigenvalue weighted by Crippen LogP contribution is -2.52. The Hall–Kier alpha value is -3.15. The minimum absolute atomic E-state index is 0.147. The minimum atomic E-state index is -0.250. The fourth-order valence-corrected chi connectivity index (χ4v) is 7.22. The van der Waals surface area contributed by atoms with Crippen molar-refractivity contribution in [2.24, 2.45) is 5.92 Å². The third kappa shape index (κ3) is 1.88. The molecule has 2 aromatic rings. The number of methoxy groups -OCH3 is 2. The van der Waals surface area contributed by atoms with Gasteiger partial charge in [-0.05, 0) is 55.0 Å². The molecule has 1 saturated carbocycles. The zero-order valence-corrected chi connectivity index (χ0v) is 17.5. The summed E-state index contributed by atoms with van der Waals surface area (Å²) in [7, 11) is 3.40. The van der Waals surface area contributed by atoms with Crippen molar-refractivity contribution < 1.29 is 23.7 Å². The molecule has 3 unspecified atom stereocenters.